The first-order chi connectivity index (χ1) is 11.5. The molecular formula is C16H20N4O3S. The number of carbonyl (C=O) groups excluding carboxylic acids is 1. The van der Waals surface area contributed by atoms with Crippen LogP contribution in [0.5, 0.6) is 0 Å². The zero-order chi connectivity index (χ0) is 17.2. The number of hydrogen-bond donors (Lipinski definition) is 0. The minimum Gasteiger partial charge on any atom is -0.337 e. The highest BCUT2D eigenvalue weighted by atomic mass is 32.2. The van der Waals surface area contributed by atoms with Crippen molar-refractivity contribution in [2.24, 2.45) is 0 Å². The quantitative estimate of drug-likeness (QED) is 0.837. The van der Waals surface area contributed by atoms with Crippen molar-refractivity contribution in [1.82, 2.24) is 19.7 Å². The monoisotopic (exact) mass is 348 g/mol. The van der Waals surface area contributed by atoms with Gasteiger partial charge in [0, 0.05) is 18.7 Å². The number of nitrogens with zero attached hydrogens (tertiary/aromatic N) is 4. The Bertz CT molecular complexity index is 800. The van der Waals surface area contributed by atoms with Gasteiger partial charge in [0.25, 0.3) is 5.91 Å². The lowest BCUT2D eigenvalue weighted by molar-refractivity contribution is 0.0672. The van der Waals surface area contributed by atoms with Gasteiger partial charge < -0.3 is 4.90 Å². The SMILES string of the molecule is CCS(=O)(=O)c1ccc(C(=O)N2CCCC(n3cncn3)C2)cc1. The molecule has 2 aromatic rings. The van der Waals surface area contributed by atoms with E-state index in [1.807, 2.05) is 0 Å². The molecular weight excluding hydrogens is 328 g/mol. The summed E-state index contributed by atoms with van der Waals surface area (Å²) in [7, 11) is -3.25. The van der Waals surface area contributed by atoms with Crippen LogP contribution in [0.3, 0.4) is 0 Å². The van der Waals surface area contributed by atoms with Gasteiger partial charge in [0.2, 0.25) is 0 Å². The Kier molecular flexibility index (Phi) is 4.66. The van der Waals surface area contributed by atoms with Crippen LogP contribution in [0, 0.1) is 0 Å². The molecule has 0 spiro atoms. The second-order valence-electron chi connectivity index (χ2n) is 5.85. The molecule has 1 aromatic heterocycles. The van der Waals surface area contributed by atoms with Gasteiger partial charge in [-0.15, -0.1) is 0 Å². The van der Waals surface area contributed by atoms with Crippen molar-refractivity contribution in [1.29, 1.82) is 0 Å². The van der Waals surface area contributed by atoms with E-state index in [2.05, 4.69) is 10.1 Å². The van der Waals surface area contributed by atoms with Crippen LogP contribution in [-0.4, -0.2) is 52.8 Å². The van der Waals surface area contributed by atoms with Gasteiger partial charge >= 0.3 is 0 Å². The number of carbonyl (C=O) groups is 1. The first-order valence-electron chi connectivity index (χ1n) is 7.97. The van der Waals surface area contributed by atoms with Crippen molar-refractivity contribution in [3.05, 3.63) is 42.5 Å². The van der Waals surface area contributed by atoms with E-state index >= 15 is 0 Å². The molecule has 0 radical (unpaired) electrons. The predicted octanol–water partition coefficient (Wildman–Crippen LogP) is 1.55. The maximum absolute atomic E-state index is 12.7. The van der Waals surface area contributed by atoms with E-state index in [1.165, 1.54) is 18.5 Å². The molecule has 3 rings (SSSR count). The molecule has 1 unspecified atom stereocenters. The first-order valence-corrected chi connectivity index (χ1v) is 9.62. The van der Waals surface area contributed by atoms with Crippen LogP contribution in [0.15, 0.2) is 41.8 Å². The summed E-state index contributed by atoms with van der Waals surface area (Å²) in [4.78, 5) is 18.7. The average molecular weight is 348 g/mol. The van der Waals surface area contributed by atoms with Crippen LogP contribution < -0.4 is 0 Å². The fraction of sp³-hybridized carbons (Fsp3) is 0.438. The largest absolute Gasteiger partial charge is 0.337 e. The maximum atomic E-state index is 12.7. The van der Waals surface area contributed by atoms with Gasteiger partial charge in [-0.1, -0.05) is 6.92 Å². The topological polar surface area (TPSA) is 85.2 Å². The molecule has 1 aliphatic rings. The fourth-order valence-electron chi connectivity index (χ4n) is 2.92. The van der Waals surface area contributed by atoms with E-state index in [1.54, 1.807) is 35.0 Å². The number of rotatable bonds is 4. The molecule has 2 heterocycles. The van der Waals surface area contributed by atoms with Crippen molar-refractivity contribution in [2.45, 2.75) is 30.7 Å². The lowest BCUT2D eigenvalue weighted by Gasteiger charge is -2.32. The van der Waals surface area contributed by atoms with Gasteiger partial charge in [0.1, 0.15) is 12.7 Å². The summed E-state index contributed by atoms with van der Waals surface area (Å²) in [6.07, 6.45) is 5.02. The molecule has 0 bridgehead atoms. The van der Waals surface area contributed by atoms with Crippen LogP contribution in [0.25, 0.3) is 0 Å². The minimum absolute atomic E-state index is 0.0476. The molecule has 1 aliphatic heterocycles. The van der Waals surface area contributed by atoms with Gasteiger partial charge in [-0.25, -0.2) is 18.1 Å². The van der Waals surface area contributed by atoms with Crippen LogP contribution in [0.4, 0.5) is 0 Å². The third kappa shape index (κ3) is 3.33. The molecule has 1 fully saturated rings. The van der Waals surface area contributed by atoms with Gasteiger partial charge in [0.15, 0.2) is 9.84 Å². The second-order valence-corrected chi connectivity index (χ2v) is 8.13. The van der Waals surface area contributed by atoms with Crippen molar-refractivity contribution in [3.8, 4) is 0 Å². The number of hydrogen-bond acceptors (Lipinski definition) is 5. The van der Waals surface area contributed by atoms with Crippen LogP contribution in [0.1, 0.15) is 36.2 Å². The van der Waals surface area contributed by atoms with E-state index in [0.717, 1.165) is 12.8 Å². The average Bonchev–Trinajstić information content (AvgIpc) is 3.16. The van der Waals surface area contributed by atoms with E-state index in [0.29, 0.717) is 18.7 Å². The highest BCUT2D eigenvalue weighted by Crippen LogP contribution is 2.22. The molecule has 24 heavy (non-hydrogen) atoms. The number of piperidine rings is 1. The summed E-state index contributed by atoms with van der Waals surface area (Å²) in [5.74, 6) is -0.0355. The first kappa shape index (κ1) is 16.6. The smallest absolute Gasteiger partial charge is 0.253 e. The summed E-state index contributed by atoms with van der Waals surface area (Å²) < 4.78 is 25.5. The molecule has 7 nitrogen and oxygen atoms in total. The minimum atomic E-state index is -3.25. The summed E-state index contributed by atoms with van der Waals surface area (Å²) in [5.41, 5.74) is 0.504. The van der Waals surface area contributed by atoms with E-state index in [-0.39, 0.29) is 22.6 Å². The summed E-state index contributed by atoms with van der Waals surface area (Å²) in [6, 6.07) is 6.31. The normalized spacial score (nSPS) is 18.5. The van der Waals surface area contributed by atoms with E-state index in [4.69, 9.17) is 0 Å². The number of benzene rings is 1. The molecule has 0 aliphatic carbocycles. The third-order valence-electron chi connectivity index (χ3n) is 4.33. The van der Waals surface area contributed by atoms with Gasteiger partial charge in [0.05, 0.1) is 16.7 Å². The van der Waals surface area contributed by atoms with Crippen LogP contribution >= 0.6 is 0 Å². The van der Waals surface area contributed by atoms with E-state index < -0.39 is 9.84 Å². The Morgan fingerprint density at radius 2 is 2.04 bits per heavy atom. The zero-order valence-electron chi connectivity index (χ0n) is 13.5. The number of likely N-dealkylation sites (tertiary alicyclic amines) is 1. The molecule has 128 valence electrons. The highest BCUT2D eigenvalue weighted by Gasteiger charge is 2.26. The number of amides is 1. The Labute approximate surface area is 141 Å². The van der Waals surface area contributed by atoms with Crippen molar-refractivity contribution < 1.29 is 13.2 Å². The van der Waals surface area contributed by atoms with Gasteiger partial charge in [-0.05, 0) is 37.1 Å². The second kappa shape index (κ2) is 6.72. The van der Waals surface area contributed by atoms with Crippen LogP contribution in [-0.2, 0) is 9.84 Å². The number of sulfone groups is 1. The van der Waals surface area contributed by atoms with Crippen molar-refractivity contribution >= 4 is 15.7 Å². The Morgan fingerprint density at radius 1 is 1.29 bits per heavy atom. The zero-order valence-corrected chi connectivity index (χ0v) is 14.3. The lowest BCUT2D eigenvalue weighted by atomic mass is 10.0. The summed E-state index contributed by atoms with van der Waals surface area (Å²) >= 11 is 0. The Hall–Kier alpha value is -2.22. The Morgan fingerprint density at radius 3 is 2.67 bits per heavy atom. The molecule has 1 amide bonds. The highest BCUT2D eigenvalue weighted by molar-refractivity contribution is 7.91. The van der Waals surface area contributed by atoms with Crippen molar-refractivity contribution in [3.63, 3.8) is 0 Å². The molecule has 8 heteroatoms. The van der Waals surface area contributed by atoms with Crippen LogP contribution in [0.2, 0.25) is 0 Å². The molecule has 0 N–H and O–H groups in total. The van der Waals surface area contributed by atoms with E-state index in [9.17, 15) is 13.2 Å². The molecule has 1 saturated heterocycles. The number of aromatic nitrogens is 3. The fourth-order valence-corrected chi connectivity index (χ4v) is 3.80. The lowest BCUT2D eigenvalue weighted by Crippen LogP contribution is -2.40. The third-order valence-corrected chi connectivity index (χ3v) is 6.09. The maximum Gasteiger partial charge on any atom is 0.253 e. The molecule has 0 saturated carbocycles. The Balaban J connectivity index is 1.74. The standard InChI is InChI=1S/C16H20N4O3S/c1-2-24(22,23)15-7-5-13(6-8-15)16(21)19-9-3-4-14(10-19)20-12-17-11-18-20/h5-8,11-12,14H,2-4,9-10H2,1H3. The van der Waals surface area contributed by atoms with Gasteiger partial charge in [-0.3, -0.25) is 4.79 Å². The predicted molar refractivity (Wildman–Crippen MR) is 88.4 cm³/mol. The summed E-state index contributed by atoms with van der Waals surface area (Å²) in [5, 5.41) is 4.16. The van der Waals surface area contributed by atoms with Crippen molar-refractivity contribution in [2.75, 3.05) is 18.8 Å². The summed E-state index contributed by atoms with van der Waals surface area (Å²) in [6.45, 7) is 2.88. The van der Waals surface area contributed by atoms with Gasteiger partial charge in [-0.2, -0.15) is 5.10 Å². The molecule has 1 atom stereocenters. The molecule has 1 aromatic carbocycles.